The summed E-state index contributed by atoms with van der Waals surface area (Å²) >= 11 is 1.38. The van der Waals surface area contributed by atoms with Crippen molar-refractivity contribution >= 4 is 27.5 Å². The van der Waals surface area contributed by atoms with Crippen molar-refractivity contribution in [3.8, 4) is 16.2 Å². The number of nitrogens with zero attached hydrogens (tertiary/aromatic N) is 2. The van der Waals surface area contributed by atoms with Crippen LogP contribution in [0.25, 0.3) is 20.7 Å². The molecule has 2 aromatic heterocycles. The van der Waals surface area contributed by atoms with Gasteiger partial charge in [-0.1, -0.05) is 44.2 Å². The summed E-state index contributed by atoms with van der Waals surface area (Å²) in [5.41, 5.74) is 2.45. The van der Waals surface area contributed by atoms with E-state index in [2.05, 4.69) is 24.1 Å². The fraction of sp³-hybridized carbons (Fsp3) is 0.240. The van der Waals surface area contributed by atoms with Gasteiger partial charge in [-0.25, -0.2) is 4.98 Å². The van der Waals surface area contributed by atoms with E-state index in [-0.39, 0.29) is 30.0 Å². The van der Waals surface area contributed by atoms with Crippen molar-refractivity contribution in [3.63, 3.8) is 0 Å². The van der Waals surface area contributed by atoms with Gasteiger partial charge in [-0.05, 0) is 47.4 Å². The molecule has 0 spiro atoms. The molecule has 0 radical (unpaired) electrons. The van der Waals surface area contributed by atoms with E-state index in [1.165, 1.54) is 22.2 Å². The first-order valence-electron chi connectivity index (χ1n) is 10.4. The molecule has 0 aliphatic rings. The first-order valence-corrected chi connectivity index (χ1v) is 11.3. The Kier molecular flexibility index (Phi) is 6.37. The lowest BCUT2D eigenvalue weighted by molar-refractivity contribution is -0.122. The van der Waals surface area contributed by atoms with Crippen molar-refractivity contribution < 1.29 is 9.53 Å². The standard InChI is InChI=1S/C25H25N3O3S/c1-16(2)23(18-7-5-4-6-8-18)27-22(29)14-28-15-26-20-13-21(32-24(20)25(28)30)17-9-11-19(31-3)12-10-17/h4-13,15-16,23H,14H2,1-3H3,(H,27,29). The number of fused-ring (bicyclic) bond motifs is 1. The number of carbonyl (C=O) groups is 1. The zero-order chi connectivity index (χ0) is 22.7. The minimum absolute atomic E-state index is 0.0758. The summed E-state index contributed by atoms with van der Waals surface area (Å²) in [5, 5.41) is 3.06. The van der Waals surface area contributed by atoms with Crippen LogP contribution in [-0.2, 0) is 11.3 Å². The molecule has 0 aliphatic heterocycles. The molecular weight excluding hydrogens is 422 g/mol. The van der Waals surface area contributed by atoms with Crippen LogP contribution in [0, 0.1) is 5.92 Å². The number of aromatic nitrogens is 2. The Morgan fingerprint density at radius 2 is 1.84 bits per heavy atom. The second-order valence-electron chi connectivity index (χ2n) is 7.93. The van der Waals surface area contributed by atoms with Crippen LogP contribution in [-0.4, -0.2) is 22.6 Å². The summed E-state index contributed by atoms with van der Waals surface area (Å²) < 4.78 is 7.11. The minimum atomic E-state index is -0.220. The maximum Gasteiger partial charge on any atom is 0.271 e. The van der Waals surface area contributed by atoms with Crippen molar-refractivity contribution in [1.82, 2.24) is 14.9 Å². The third-order valence-corrected chi connectivity index (χ3v) is 6.50. The number of amides is 1. The maximum atomic E-state index is 13.0. The second kappa shape index (κ2) is 9.36. The Labute approximate surface area is 190 Å². The highest BCUT2D eigenvalue weighted by molar-refractivity contribution is 7.22. The summed E-state index contributed by atoms with van der Waals surface area (Å²) in [6.45, 7) is 4.04. The average Bonchev–Trinajstić information content (AvgIpc) is 3.25. The van der Waals surface area contributed by atoms with Crippen molar-refractivity contribution in [2.24, 2.45) is 5.92 Å². The molecule has 2 heterocycles. The van der Waals surface area contributed by atoms with Crippen LogP contribution in [0.2, 0.25) is 0 Å². The molecule has 4 rings (SSSR count). The molecule has 4 aromatic rings. The maximum absolute atomic E-state index is 13.0. The van der Waals surface area contributed by atoms with E-state index in [1.807, 2.05) is 60.7 Å². The number of benzene rings is 2. The van der Waals surface area contributed by atoms with E-state index in [0.29, 0.717) is 10.2 Å². The van der Waals surface area contributed by atoms with Gasteiger partial charge in [0.05, 0.1) is 25.0 Å². The van der Waals surface area contributed by atoms with E-state index in [1.54, 1.807) is 7.11 Å². The van der Waals surface area contributed by atoms with Gasteiger partial charge in [-0.2, -0.15) is 0 Å². The number of rotatable bonds is 7. The SMILES string of the molecule is COc1ccc(-c2cc3ncn(CC(=O)NC(c4ccccc4)C(C)C)c(=O)c3s2)cc1. The van der Waals surface area contributed by atoms with Gasteiger partial charge in [-0.15, -0.1) is 11.3 Å². The zero-order valence-electron chi connectivity index (χ0n) is 18.2. The number of hydrogen-bond donors (Lipinski definition) is 1. The highest BCUT2D eigenvalue weighted by Gasteiger charge is 2.19. The van der Waals surface area contributed by atoms with Crippen molar-refractivity contribution in [2.45, 2.75) is 26.4 Å². The smallest absolute Gasteiger partial charge is 0.271 e. The highest BCUT2D eigenvalue weighted by Crippen LogP contribution is 2.31. The van der Waals surface area contributed by atoms with Crippen molar-refractivity contribution in [2.75, 3.05) is 7.11 Å². The molecule has 6 nitrogen and oxygen atoms in total. The number of hydrogen-bond acceptors (Lipinski definition) is 5. The third-order valence-electron chi connectivity index (χ3n) is 5.33. The lowest BCUT2D eigenvalue weighted by Crippen LogP contribution is -2.36. The minimum Gasteiger partial charge on any atom is -0.497 e. The zero-order valence-corrected chi connectivity index (χ0v) is 19.1. The molecule has 1 amide bonds. The van der Waals surface area contributed by atoms with E-state index >= 15 is 0 Å². The molecule has 32 heavy (non-hydrogen) atoms. The molecule has 1 atom stereocenters. The molecule has 0 bridgehead atoms. The van der Waals surface area contributed by atoms with Gasteiger partial charge in [0.15, 0.2) is 0 Å². The second-order valence-corrected chi connectivity index (χ2v) is 8.98. The molecule has 0 fully saturated rings. The van der Waals surface area contributed by atoms with Crippen LogP contribution in [0.15, 0.2) is 71.8 Å². The third kappa shape index (κ3) is 4.57. The summed E-state index contributed by atoms with van der Waals surface area (Å²) in [5.74, 6) is 0.766. The monoisotopic (exact) mass is 447 g/mol. The number of thiophene rings is 1. The van der Waals surface area contributed by atoms with Crippen LogP contribution in [0.4, 0.5) is 0 Å². The quantitative estimate of drug-likeness (QED) is 0.448. The highest BCUT2D eigenvalue weighted by atomic mass is 32.1. The number of ether oxygens (including phenoxy) is 1. The summed E-state index contributed by atoms with van der Waals surface area (Å²) in [4.78, 5) is 31.2. The predicted octanol–water partition coefficient (Wildman–Crippen LogP) is 4.65. The van der Waals surface area contributed by atoms with E-state index < -0.39 is 0 Å². The van der Waals surface area contributed by atoms with Gasteiger partial charge in [0.25, 0.3) is 5.56 Å². The Morgan fingerprint density at radius 1 is 1.12 bits per heavy atom. The molecule has 0 saturated heterocycles. The van der Waals surface area contributed by atoms with Crippen molar-refractivity contribution in [3.05, 3.63) is 82.9 Å². The number of methoxy groups -OCH3 is 1. The van der Waals surface area contributed by atoms with E-state index in [0.717, 1.165) is 21.8 Å². The average molecular weight is 448 g/mol. The van der Waals surface area contributed by atoms with E-state index in [9.17, 15) is 9.59 Å². The molecule has 1 unspecified atom stereocenters. The lowest BCUT2D eigenvalue weighted by atomic mass is 9.96. The molecule has 1 N–H and O–H groups in total. The molecule has 2 aromatic carbocycles. The van der Waals surface area contributed by atoms with Gasteiger partial charge in [-0.3, -0.25) is 14.2 Å². The normalized spacial score (nSPS) is 12.1. The van der Waals surface area contributed by atoms with Crippen LogP contribution < -0.4 is 15.6 Å². The number of carbonyl (C=O) groups excluding carboxylic acids is 1. The van der Waals surface area contributed by atoms with Gasteiger partial charge in [0, 0.05) is 4.88 Å². The molecule has 164 valence electrons. The van der Waals surface area contributed by atoms with Gasteiger partial charge < -0.3 is 10.1 Å². The Balaban J connectivity index is 1.56. The van der Waals surface area contributed by atoms with Crippen LogP contribution in [0.5, 0.6) is 5.75 Å². The lowest BCUT2D eigenvalue weighted by Gasteiger charge is -2.23. The Morgan fingerprint density at radius 3 is 2.50 bits per heavy atom. The van der Waals surface area contributed by atoms with Crippen LogP contribution >= 0.6 is 11.3 Å². The van der Waals surface area contributed by atoms with Gasteiger partial charge >= 0.3 is 0 Å². The molecule has 0 saturated carbocycles. The molecule has 7 heteroatoms. The summed E-state index contributed by atoms with van der Waals surface area (Å²) in [7, 11) is 1.63. The van der Waals surface area contributed by atoms with E-state index in [4.69, 9.17) is 4.74 Å². The Hall–Kier alpha value is -3.45. The molecule has 0 aliphatic carbocycles. The summed E-state index contributed by atoms with van der Waals surface area (Å²) in [6.07, 6.45) is 1.45. The summed E-state index contributed by atoms with van der Waals surface area (Å²) in [6, 6.07) is 19.3. The fourth-order valence-corrected chi connectivity index (χ4v) is 4.69. The van der Waals surface area contributed by atoms with Gasteiger partial charge in [0.2, 0.25) is 5.91 Å². The fourth-order valence-electron chi connectivity index (χ4n) is 3.62. The van der Waals surface area contributed by atoms with Crippen molar-refractivity contribution in [1.29, 1.82) is 0 Å². The number of nitrogens with one attached hydrogen (secondary N) is 1. The topological polar surface area (TPSA) is 73.2 Å². The first-order chi connectivity index (χ1) is 15.5. The molecular formula is C25H25N3O3S. The largest absolute Gasteiger partial charge is 0.497 e. The predicted molar refractivity (Wildman–Crippen MR) is 128 cm³/mol. The van der Waals surface area contributed by atoms with Gasteiger partial charge in [0.1, 0.15) is 17.0 Å². The Bertz CT molecular complexity index is 1280. The van der Waals surface area contributed by atoms with Crippen LogP contribution in [0.1, 0.15) is 25.5 Å². The first kappa shape index (κ1) is 21.8. The van der Waals surface area contributed by atoms with Crippen LogP contribution in [0.3, 0.4) is 0 Å².